The molecule has 0 aromatic heterocycles. The molecule has 8 nitrogen and oxygen atoms in total. The number of carbonyl (C=O) groups excluding carboxylic acids is 2. The van der Waals surface area contributed by atoms with E-state index in [1.54, 1.807) is 30.9 Å². The maximum absolute atomic E-state index is 12.6. The van der Waals surface area contributed by atoms with Crippen molar-refractivity contribution in [3.63, 3.8) is 0 Å². The lowest BCUT2D eigenvalue weighted by Crippen LogP contribution is -2.46. The SMILES string of the molecule is CCOC(=O)N1CCC(NC(=O)c2ccc(OS(=O)(=O)c3cc(C)ccc3C)cc2)CC1. The summed E-state index contributed by atoms with van der Waals surface area (Å²) in [5.74, 6) is -0.131. The number of carbonyl (C=O) groups is 2. The molecule has 1 aliphatic heterocycles. The zero-order valence-corrected chi connectivity index (χ0v) is 19.3. The van der Waals surface area contributed by atoms with Gasteiger partial charge < -0.3 is 19.1 Å². The van der Waals surface area contributed by atoms with Gasteiger partial charge in [0.2, 0.25) is 0 Å². The normalized spacial score (nSPS) is 14.7. The number of likely N-dealkylation sites (tertiary alicyclic amines) is 1. The smallest absolute Gasteiger partial charge is 0.409 e. The number of nitrogens with one attached hydrogen (secondary N) is 1. The molecule has 1 aliphatic rings. The molecule has 0 unspecified atom stereocenters. The fourth-order valence-corrected chi connectivity index (χ4v) is 4.75. The molecule has 1 fully saturated rings. The van der Waals surface area contributed by atoms with Crippen LogP contribution in [0.5, 0.6) is 5.75 Å². The predicted octanol–water partition coefficient (Wildman–Crippen LogP) is 3.42. The van der Waals surface area contributed by atoms with Crippen molar-refractivity contribution < 1.29 is 26.9 Å². The van der Waals surface area contributed by atoms with Crippen LogP contribution in [0.2, 0.25) is 0 Å². The molecule has 3 rings (SSSR count). The number of piperidine rings is 1. The molecule has 0 aliphatic carbocycles. The van der Waals surface area contributed by atoms with Gasteiger partial charge in [0.05, 0.1) is 6.61 Å². The number of aryl methyl sites for hydroxylation is 2. The Hall–Kier alpha value is -3.07. The molecule has 172 valence electrons. The lowest BCUT2D eigenvalue weighted by atomic mass is 10.0. The highest BCUT2D eigenvalue weighted by Crippen LogP contribution is 2.23. The maximum atomic E-state index is 12.6. The summed E-state index contributed by atoms with van der Waals surface area (Å²) in [4.78, 5) is 26.1. The van der Waals surface area contributed by atoms with E-state index in [9.17, 15) is 18.0 Å². The van der Waals surface area contributed by atoms with E-state index >= 15 is 0 Å². The second-order valence-corrected chi connectivity index (χ2v) is 9.28. The van der Waals surface area contributed by atoms with Crippen LogP contribution >= 0.6 is 0 Å². The van der Waals surface area contributed by atoms with Crippen molar-refractivity contribution in [1.29, 1.82) is 0 Å². The average Bonchev–Trinajstić information content (AvgIpc) is 2.76. The molecule has 0 spiro atoms. The van der Waals surface area contributed by atoms with Gasteiger partial charge in [-0.3, -0.25) is 4.79 Å². The maximum Gasteiger partial charge on any atom is 0.409 e. The number of amides is 2. The predicted molar refractivity (Wildman–Crippen MR) is 119 cm³/mol. The van der Waals surface area contributed by atoms with Crippen molar-refractivity contribution in [2.75, 3.05) is 19.7 Å². The van der Waals surface area contributed by atoms with Crippen molar-refractivity contribution in [2.45, 2.75) is 44.6 Å². The average molecular weight is 461 g/mol. The largest absolute Gasteiger partial charge is 0.450 e. The Bertz CT molecular complexity index is 1070. The molecule has 0 atom stereocenters. The summed E-state index contributed by atoms with van der Waals surface area (Å²) in [7, 11) is -3.98. The third-order valence-electron chi connectivity index (χ3n) is 5.29. The van der Waals surface area contributed by atoms with Gasteiger partial charge in [0.1, 0.15) is 10.6 Å². The third-order valence-corrected chi connectivity index (χ3v) is 6.68. The molecular weight excluding hydrogens is 432 g/mol. The second-order valence-electron chi connectivity index (χ2n) is 7.76. The number of ether oxygens (including phenoxy) is 1. The highest BCUT2D eigenvalue weighted by molar-refractivity contribution is 7.87. The number of hydrogen-bond acceptors (Lipinski definition) is 6. The van der Waals surface area contributed by atoms with Gasteiger partial charge in [-0.15, -0.1) is 0 Å². The zero-order valence-electron chi connectivity index (χ0n) is 18.5. The Balaban J connectivity index is 1.58. The van der Waals surface area contributed by atoms with E-state index in [1.807, 2.05) is 13.0 Å². The molecule has 32 heavy (non-hydrogen) atoms. The summed E-state index contributed by atoms with van der Waals surface area (Å²) in [5, 5.41) is 2.96. The summed E-state index contributed by atoms with van der Waals surface area (Å²) in [6, 6.07) is 11.1. The van der Waals surface area contributed by atoms with E-state index in [4.69, 9.17) is 8.92 Å². The van der Waals surface area contributed by atoms with Crippen molar-refractivity contribution >= 4 is 22.1 Å². The molecule has 1 N–H and O–H groups in total. The van der Waals surface area contributed by atoms with Crippen LogP contribution in [-0.4, -0.2) is 51.1 Å². The molecule has 0 radical (unpaired) electrons. The molecule has 2 amide bonds. The first-order valence-electron chi connectivity index (χ1n) is 10.5. The van der Waals surface area contributed by atoms with E-state index < -0.39 is 10.1 Å². The Labute approximate surface area is 188 Å². The Morgan fingerprint density at radius 3 is 2.34 bits per heavy atom. The quantitative estimate of drug-likeness (QED) is 0.663. The third kappa shape index (κ3) is 5.79. The molecular formula is C23H28N2O6S. The monoisotopic (exact) mass is 460 g/mol. The van der Waals surface area contributed by atoms with E-state index in [0.717, 1.165) is 5.56 Å². The molecule has 2 aromatic carbocycles. The van der Waals surface area contributed by atoms with E-state index in [0.29, 0.717) is 43.7 Å². The molecule has 2 aromatic rings. The Kier molecular flexibility index (Phi) is 7.40. The first-order chi connectivity index (χ1) is 15.2. The van der Waals surface area contributed by atoms with Gasteiger partial charge in [-0.2, -0.15) is 8.42 Å². The first-order valence-corrected chi connectivity index (χ1v) is 11.9. The summed E-state index contributed by atoms with van der Waals surface area (Å²) in [6.07, 6.45) is 0.948. The minimum atomic E-state index is -3.98. The summed E-state index contributed by atoms with van der Waals surface area (Å²) >= 11 is 0. The van der Waals surface area contributed by atoms with Crippen LogP contribution in [0.4, 0.5) is 4.79 Å². The van der Waals surface area contributed by atoms with Crippen molar-refractivity contribution in [2.24, 2.45) is 0 Å². The highest BCUT2D eigenvalue weighted by Gasteiger charge is 2.25. The molecule has 9 heteroatoms. The minimum absolute atomic E-state index is 0.0474. The minimum Gasteiger partial charge on any atom is -0.450 e. The second kappa shape index (κ2) is 10.0. The van der Waals surface area contributed by atoms with Gasteiger partial charge in [-0.1, -0.05) is 12.1 Å². The van der Waals surface area contributed by atoms with Crippen LogP contribution in [0.3, 0.4) is 0 Å². The topological polar surface area (TPSA) is 102 Å². The lowest BCUT2D eigenvalue weighted by Gasteiger charge is -2.31. The van der Waals surface area contributed by atoms with Crippen LogP contribution in [0.15, 0.2) is 47.4 Å². The summed E-state index contributed by atoms with van der Waals surface area (Å²) in [5.41, 5.74) is 1.81. The van der Waals surface area contributed by atoms with Gasteiger partial charge in [0.15, 0.2) is 0 Å². The Morgan fingerprint density at radius 1 is 1.06 bits per heavy atom. The molecule has 0 bridgehead atoms. The number of rotatable bonds is 6. The van der Waals surface area contributed by atoms with E-state index in [-0.39, 0.29) is 28.7 Å². The van der Waals surface area contributed by atoms with Gasteiger partial charge in [-0.05, 0) is 75.1 Å². The van der Waals surface area contributed by atoms with Crippen LogP contribution in [-0.2, 0) is 14.9 Å². The standard InChI is InChI=1S/C23H28N2O6S/c1-4-30-23(27)25-13-11-19(12-14-25)24-22(26)18-7-9-20(10-8-18)31-32(28,29)21-15-16(2)5-6-17(21)3/h5-10,15,19H,4,11-14H2,1-3H3,(H,24,26). The van der Waals surface area contributed by atoms with Crippen LogP contribution in [0.1, 0.15) is 41.3 Å². The first kappa shape index (κ1) is 23.6. The number of benzene rings is 2. The number of hydrogen-bond donors (Lipinski definition) is 1. The van der Waals surface area contributed by atoms with Gasteiger partial charge in [0.25, 0.3) is 5.91 Å². The van der Waals surface area contributed by atoms with E-state index in [2.05, 4.69) is 5.32 Å². The van der Waals surface area contributed by atoms with Gasteiger partial charge in [-0.25, -0.2) is 4.79 Å². The van der Waals surface area contributed by atoms with E-state index in [1.165, 1.54) is 24.3 Å². The van der Waals surface area contributed by atoms with Crippen molar-refractivity contribution in [3.05, 3.63) is 59.2 Å². The highest BCUT2D eigenvalue weighted by atomic mass is 32.2. The summed E-state index contributed by atoms with van der Waals surface area (Å²) in [6.45, 7) is 6.66. The van der Waals surface area contributed by atoms with Crippen LogP contribution in [0, 0.1) is 13.8 Å². The lowest BCUT2D eigenvalue weighted by molar-refractivity contribution is 0.0860. The van der Waals surface area contributed by atoms with Gasteiger partial charge in [0, 0.05) is 24.7 Å². The van der Waals surface area contributed by atoms with Crippen LogP contribution < -0.4 is 9.50 Å². The summed E-state index contributed by atoms with van der Waals surface area (Å²) < 4.78 is 35.5. The van der Waals surface area contributed by atoms with Gasteiger partial charge >= 0.3 is 16.2 Å². The van der Waals surface area contributed by atoms with Crippen molar-refractivity contribution in [3.8, 4) is 5.75 Å². The molecule has 1 heterocycles. The van der Waals surface area contributed by atoms with Crippen molar-refractivity contribution in [1.82, 2.24) is 10.2 Å². The zero-order chi connectivity index (χ0) is 23.3. The molecule has 0 saturated carbocycles. The Morgan fingerprint density at radius 2 is 1.72 bits per heavy atom. The van der Waals surface area contributed by atoms with Crippen LogP contribution in [0.25, 0.3) is 0 Å². The molecule has 1 saturated heterocycles. The fraction of sp³-hybridized carbons (Fsp3) is 0.391. The number of nitrogens with zero attached hydrogens (tertiary/aromatic N) is 1. The fourth-order valence-electron chi connectivity index (χ4n) is 3.50.